The maximum absolute atomic E-state index is 5.81. The minimum Gasteiger partial charge on any atom is -0.383 e. The smallest absolute Gasteiger partial charge is 0.188 e. The first kappa shape index (κ1) is 14.3. The lowest BCUT2D eigenvalue weighted by Crippen LogP contribution is -2.42. The third kappa shape index (κ3) is 5.37. The predicted molar refractivity (Wildman–Crippen MR) is 71.2 cm³/mol. The van der Waals surface area contributed by atoms with Crippen LogP contribution in [0.5, 0.6) is 0 Å². The van der Waals surface area contributed by atoms with Gasteiger partial charge in [-0.05, 0) is 33.7 Å². The molecule has 0 radical (unpaired) electrons. The van der Waals surface area contributed by atoms with Crippen LogP contribution in [0.1, 0.15) is 26.7 Å². The highest BCUT2D eigenvalue weighted by molar-refractivity contribution is 5.78. The number of nitrogens with two attached hydrogens (primary N) is 1. The second-order valence-electron chi connectivity index (χ2n) is 4.97. The Kier molecular flexibility index (Phi) is 5.71. The topological polar surface area (TPSA) is 62.9 Å². The van der Waals surface area contributed by atoms with Gasteiger partial charge in [0, 0.05) is 25.2 Å². The number of likely N-dealkylation sites (N-methyl/N-ethyl adjacent to an activating group) is 1. The van der Waals surface area contributed by atoms with Crippen LogP contribution in [-0.2, 0) is 4.74 Å². The molecule has 3 N–H and O–H groups in total. The highest BCUT2D eigenvalue weighted by Crippen LogP contribution is 2.26. The second-order valence-corrected chi connectivity index (χ2v) is 4.97. The SMILES string of the molecule is COCC(C)NC(N)=NCC(C)N(C)C1CC1. The van der Waals surface area contributed by atoms with E-state index in [4.69, 9.17) is 10.5 Å². The molecule has 2 unspecified atom stereocenters. The van der Waals surface area contributed by atoms with Crippen molar-refractivity contribution in [3.63, 3.8) is 0 Å². The summed E-state index contributed by atoms with van der Waals surface area (Å²) >= 11 is 0. The predicted octanol–water partition coefficient (Wildman–Crippen LogP) is 0.408. The van der Waals surface area contributed by atoms with Gasteiger partial charge in [0.25, 0.3) is 0 Å². The second kappa shape index (κ2) is 6.81. The number of nitrogens with one attached hydrogen (secondary N) is 1. The van der Waals surface area contributed by atoms with Gasteiger partial charge in [-0.15, -0.1) is 0 Å². The van der Waals surface area contributed by atoms with Gasteiger partial charge in [0.2, 0.25) is 0 Å². The van der Waals surface area contributed by atoms with Crippen LogP contribution in [0.25, 0.3) is 0 Å². The minimum absolute atomic E-state index is 0.195. The number of nitrogens with zero attached hydrogens (tertiary/aromatic N) is 2. The largest absolute Gasteiger partial charge is 0.383 e. The number of methoxy groups -OCH3 is 1. The van der Waals surface area contributed by atoms with Crippen LogP contribution in [-0.4, -0.2) is 56.3 Å². The molecular formula is C12H26N4O. The first-order chi connectivity index (χ1) is 8.04. The molecule has 100 valence electrons. The Hall–Kier alpha value is -0.810. The molecule has 5 nitrogen and oxygen atoms in total. The molecule has 0 spiro atoms. The van der Waals surface area contributed by atoms with Gasteiger partial charge in [-0.3, -0.25) is 9.89 Å². The molecule has 1 saturated carbocycles. The Balaban J connectivity index is 2.25. The molecule has 0 saturated heterocycles. The van der Waals surface area contributed by atoms with Gasteiger partial charge in [-0.1, -0.05) is 0 Å². The van der Waals surface area contributed by atoms with Crippen LogP contribution in [0.3, 0.4) is 0 Å². The molecule has 1 rings (SSSR count). The van der Waals surface area contributed by atoms with Crippen LogP contribution in [0.15, 0.2) is 4.99 Å². The van der Waals surface area contributed by atoms with E-state index in [0.29, 0.717) is 18.6 Å². The fourth-order valence-corrected chi connectivity index (χ4v) is 1.79. The summed E-state index contributed by atoms with van der Waals surface area (Å²) in [4.78, 5) is 6.75. The van der Waals surface area contributed by atoms with Gasteiger partial charge in [0.15, 0.2) is 5.96 Å². The molecule has 0 heterocycles. The molecule has 0 aromatic rings. The number of hydrogen-bond acceptors (Lipinski definition) is 3. The van der Waals surface area contributed by atoms with Gasteiger partial charge < -0.3 is 15.8 Å². The third-order valence-corrected chi connectivity index (χ3v) is 3.15. The number of ether oxygens (including phenoxy) is 1. The monoisotopic (exact) mass is 242 g/mol. The molecule has 0 aromatic heterocycles. The zero-order chi connectivity index (χ0) is 12.8. The summed E-state index contributed by atoms with van der Waals surface area (Å²) in [7, 11) is 3.84. The average molecular weight is 242 g/mol. The lowest BCUT2D eigenvalue weighted by molar-refractivity contribution is 0.179. The van der Waals surface area contributed by atoms with E-state index in [2.05, 4.69) is 29.2 Å². The quantitative estimate of drug-likeness (QED) is 0.501. The fraction of sp³-hybridized carbons (Fsp3) is 0.917. The van der Waals surface area contributed by atoms with Gasteiger partial charge >= 0.3 is 0 Å². The van der Waals surface area contributed by atoms with E-state index in [0.717, 1.165) is 12.6 Å². The zero-order valence-corrected chi connectivity index (χ0v) is 11.4. The van der Waals surface area contributed by atoms with Crippen molar-refractivity contribution in [1.29, 1.82) is 0 Å². The van der Waals surface area contributed by atoms with Gasteiger partial charge in [-0.25, -0.2) is 0 Å². The standard InChI is InChI=1S/C12H26N4O/c1-9(8-17-4)15-12(13)14-7-10(2)16(3)11-5-6-11/h9-11H,5-8H2,1-4H3,(H3,13,14,15). The Morgan fingerprint density at radius 1 is 1.53 bits per heavy atom. The first-order valence-electron chi connectivity index (χ1n) is 6.32. The molecule has 0 aromatic carbocycles. The van der Waals surface area contributed by atoms with Crippen molar-refractivity contribution in [2.75, 3.05) is 27.3 Å². The Bertz CT molecular complexity index is 253. The number of hydrogen-bond donors (Lipinski definition) is 2. The average Bonchev–Trinajstić information content (AvgIpc) is 3.08. The molecule has 0 aliphatic heterocycles. The number of guanidine groups is 1. The van der Waals surface area contributed by atoms with Crippen molar-refractivity contribution in [1.82, 2.24) is 10.2 Å². The molecule has 2 atom stereocenters. The van der Waals surface area contributed by atoms with E-state index in [1.165, 1.54) is 12.8 Å². The minimum atomic E-state index is 0.195. The summed E-state index contributed by atoms with van der Waals surface area (Å²) in [6.07, 6.45) is 2.65. The highest BCUT2D eigenvalue weighted by Gasteiger charge is 2.28. The lowest BCUT2D eigenvalue weighted by atomic mass is 10.3. The van der Waals surface area contributed by atoms with Crippen molar-refractivity contribution in [2.24, 2.45) is 10.7 Å². The lowest BCUT2D eigenvalue weighted by Gasteiger charge is -2.23. The summed E-state index contributed by atoms with van der Waals surface area (Å²) in [6, 6.07) is 1.41. The van der Waals surface area contributed by atoms with E-state index in [1.807, 2.05) is 6.92 Å². The normalized spacial score (nSPS) is 20.4. The maximum atomic E-state index is 5.81. The van der Waals surface area contributed by atoms with Crippen LogP contribution >= 0.6 is 0 Å². The maximum Gasteiger partial charge on any atom is 0.188 e. The summed E-state index contributed by atoms with van der Waals surface area (Å²) in [5.41, 5.74) is 5.81. The Labute approximate surface area is 104 Å². The highest BCUT2D eigenvalue weighted by atomic mass is 16.5. The third-order valence-electron chi connectivity index (χ3n) is 3.15. The Morgan fingerprint density at radius 2 is 2.18 bits per heavy atom. The van der Waals surface area contributed by atoms with E-state index in [1.54, 1.807) is 7.11 Å². The van der Waals surface area contributed by atoms with Crippen molar-refractivity contribution in [3.8, 4) is 0 Å². The van der Waals surface area contributed by atoms with Crippen LogP contribution < -0.4 is 11.1 Å². The van der Waals surface area contributed by atoms with E-state index >= 15 is 0 Å². The van der Waals surface area contributed by atoms with Crippen molar-refractivity contribution in [3.05, 3.63) is 0 Å². The van der Waals surface area contributed by atoms with E-state index in [9.17, 15) is 0 Å². The van der Waals surface area contributed by atoms with Gasteiger partial charge in [-0.2, -0.15) is 0 Å². The molecular weight excluding hydrogens is 216 g/mol. The van der Waals surface area contributed by atoms with E-state index in [-0.39, 0.29) is 6.04 Å². The molecule has 17 heavy (non-hydrogen) atoms. The van der Waals surface area contributed by atoms with E-state index < -0.39 is 0 Å². The van der Waals surface area contributed by atoms with Gasteiger partial charge in [0.1, 0.15) is 0 Å². The van der Waals surface area contributed by atoms with Crippen LogP contribution in [0, 0.1) is 0 Å². The summed E-state index contributed by atoms with van der Waals surface area (Å²) in [6.45, 7) is 5.58. The Morgan fingerprint density at radius 3 is 2.71 bits per heavy atom. The molecule has 1 aliphatic carbocycles. The summed E-state index contributed by atoms with van der Waals surface area (Å²) < 4.78 is 5.03. The number of aliphatic imine (C=N–C) groups is 1. The van der Waals surface area contributed by atoms with Gasteiger partial charge in [0.05, 0.1) is 13.2 Å². The van der Waals surface area contributed by atoms with Crippen LogP contribution in [0.4, 0.5) is 0 Å². The zero-order valence-electron chi connectivity index (χ0n) is 11.4. The van der Waals surface area contributed by atoms with Crippen molar-refractivity contribution < 1.29 is 4.74 Å². The molecule has 1 fully saturated rings. The van der Waals surface area contributed by atoms with Crippen LogP contribution in [0.2, 0.25) is 0 Å². The molecule has 1 aliphatic rings. The number of rotatable bonds is 7. The first-order valence-corrected chi connectivity index (χ1v) is 6.32. The van der Waals surface area contributed by atoms with Crippen molar-refractivity contribution >= 4 is 5.96 Å². The summed E-state index contributed by atoms with van der Waals surface area (Å²) in [5, 5.41) is 3.10. The van der Waals surface area contributed by atoms with Crippen molar-refractivity contribution in [2.45, 2.75) is 44.8 Å². The summed E-state index contributed by atoms with van der Waals surface area (Å²) in [5.74, 6) is 0.505. The molecule has 0 bridgehead atoms. The molecule has 5 heteroatoms. The molecule has 0 amide bonds. The fourth-order valence-electron chi connectivity index (χ4n) is 1.79.